The second-order valence-corrected chi connectivity index (χ2v) is 7.67. The normalized spacial score (nSPS) is 14.1. The monoisotopic (exact) mass is 427 g/mol. The van der Waals surface area contributed by atoms with Crippen LogP contribution in [0.25, 0.3) is 11.1 Å². The number of methoxy groups -OCH3 is 1. The van der Waals surface area contributed by atoms with Gasteiger partial charge in [-0.15, -0.1) is 0 Å². The summed E-state index contributed by atoms with van der Waals surface area (Å²) in [6, 6.07) is 18.6. The maximum Gasteiger partial charge on any atom is 0.206 e. The molecule has 0 fully saturated rings. The number of halogens is 2. The molecule has 1 aliphatic rings. The Kier molecular flexibility index (Phi) is 5.92. The molecule has 3 aromatic rings. The van der Waals surface area contributed by atoms with Crippen LogP contribution >= 0.6 is 23.5 Å². The van der Waals surface area contributed by atoms with Gasteiger partial charge < -0.3 is 10.1 Å². The quantitative estimate of drug-likeness (QED) is 0.507. The Labute approximate surface area is 178 Å². The van der Waals surface area contributed by atoms with E-state index < -0.39 is 5.82 Å². The van der Waals surface area contributed by atoms with Crippen molar-refractivity contribution in [1.29, 1.82) is 0 Å². The molecule has 7 heteroatoms. The molecule has 4 rings (SSSR count). The van der Waals surface area contributed by atoms with Crippen molar-refractivity contribution in [3.63, 3.8) is 0 Å². The van der Waals surface area contributed by atoms with Gasteiger partial charge in [-0.3, -0.25) is 9.71 Å². The highest BCUT2D eigenvalue weighted by molar-refractivity contribution is 7.98. The Morgan fingerprint density at radius 3 is 2.72 bits per heavy atom. The van der Waals surface area contributed by atoms with Crippen LogP contribution in [0.2, 0.25) is 5.02 Å². The first-order valence-corrected chi connectivity index (χ1v) is 10.3. The topological polar surface area (TPSA) is 45.6 Å². The molecular formula is C22H19ClFN3OS. The number of ether oxygens (including phenoxy) is 1. The minimum atomic E-state index is -0.435. The van der Waals surface area contributed by atoms with Crippen LogP contribution in [0.4, 0.5) is 10.1 Å². The molecule has 1 aliphatic heterocycles. The van der Waals surface area contributed by atoms with Crippen LogP contribution in [-0.4, -0.2) is 19.6 Å². The predicted octanol–water partition coefficient (Wildman–Crippen LogP) is 5.78. The van der Waals surface area contributed by atoms with Gasteiger partial charge in [-0.1, -0.05) is 48.0 Å². The van der Waals surface area contributed by atoms with Crippen molar-refractivity contribution in [3.8, 4) is 16.9 Å². The molecule has 1 heterocycles. The summed E-state index contributed by atoms with van der Waals surface area (Å²) in [5.74, 6) is 1.06. The zero-order valence-corrected chi connectivity index (χ0v) is 17.3. The lowest BCUT2D eigenvalue weighted by atomic mass is 10.0. The third-order valence-electron chi connectivity index (χ3n) is 4.57. The van der Waals surface area contributed by atoms with Gasteiger partial charge in [0.05, 0.1) is 22.7 Å². The van der Waals surface area contributed by atoms with Crippen molar-refractivity contribution in [3.05, 3.63) is 77.1 Å². The van der Waals surface area contributed by atoms with Crippen LogP contribution in [0.5, 0.6) is 5.75 Å². The van der Waals surface area contributed by atoms with Crippen molar-refractivity contribution in [2.24, 2.45) is 4.99 Å². The van der Waals surface area contributed by atoms with Crippen molar-refractivity contribution >= 4 is 35.2 Å². The van der Waals surface area contributed by atoms with Crippen molar-refractivity contribution < 1.29 is 9.13 Å². The van der Waals surface area contributed by atoms with E-state index in [-0.39, 0.29) is 5.02 Å². The largest absolute Gasteiger partial charge is 0.497 e. The van der Waals surface area contributed by atoms with E-state index in [9.17, 15) is 4.39 Å². The first-order chi connectivity index (χ1) is 14.2. The van der Waals surface area contributed by atoms with E-state index >= 15 is 0 Å². The summed E-state index contributed by atoms with van der Waals surface area (Å²) in [6.07, 6.45) is 0.791. The summed E-state index contributed by atoms with van der Waals surface area (Å²) in [5, 5.41) is 3.45. The molecule has 4 nitrogen and oxygen atoms in total. The van der Waals surface area contributed by atoms with Gasteiger partial charge in [0.2, 0.25) is 5.96 Å². The SMILES string of the molecule is COc1cccc(CCN=C2NSc3cccc(-c4cccc(F)c4Cl)c3N2)c1. The number of fused-ring (bicyclic) bond motifs is 1. The number of guanidine groups is 1. The Morgan fingerprint density at radius 2 is 1.86 bits per heavy atom. The summed E-state index contributed by atoms with van der Waals surface area (Å²) in [4.78, 5) is 5.63. The highest BCUT2D eigenvalue weighted by Crippen LogP contribution is 2.40. The van der Waals surface area contributed by atoms with E-state index in [1.165, 1.54) is 18.0 Å². The van der Waals surface area contributed by atoms with Crippen molar-refractivity contribution in [2.75, 3.05) is 19.0 Å². The number of hydrogen-bond acceptors (Lipinski definition) is 3. The van der Waals surface area contributed by atoms with Crippen molar-refractivity contribution in [2.45, 2.75) is 11.3 Å². The molecule has 148 valence electrons. The second kappa shape index (κ2) is 8.76. The van der Waals surface area contributed by atoms with Gasteiger partial charge in [-0.2, -0.15) is 0 Å². The van der Waals surface area contributed by atoms with E-state index in [1.54, 1.807) is 13.2 Å². The molecule has 3 aromatic carbocycles. The first-order valence-electron chi connectivity index (χ1n) is 9.10. The van der Waals surface area contributed by atoms with Gasteiger partial charge >= 0.3 is 0 Å². The molecule has 0 saturated carbocycles. The van der Waals surface area contributed by atoms with Crippen LogP contribution in [0.15, 0.2) is 70.6 Å². The van der Waals surface area contributed by atoms with Crippen LogP contribution in [-0.2, 0) is 6.42 Å². The number of aliphatic imine (C=N–C) groups is 1. The zero-order valence-electron chi connectivity index (χ0n) is 15.7. The zero-order chi connectivity index (χ0) is 20.2. The Morgan fingerprint density at radius 1 is 1.07 bits per heavy atom. The summed E-state index contributed by atoms with van der Waals surface area (Å²) in [7, 11) is 1.66. The van der Waals surface area contributed by atoms with Gasteiger partial charge in [0.15, 0.2) is 0 Å². The molecule has 0 bridgehead atoms. The van der Waals surface area contributed by atoms with E-state index in [4.69, 9.17) is 16.3 Å². The summed E-state index contributed by atoms with van der Waals surface area (Å²) >= 11 is 7.68. The van der Waals surface area contributed by atoms with Gasteiger partial charge in [0.25, 0.3) is 0 Å². The lowest BCUT2D eigenvalue weighted by Crippen LogP contribution is -2.30. The van der Waals surface area contributed by atoms with Gasteiger partial charge in [0.1, 0.15) is 11.6 Å². The lowest BCUT2D eigenvalue weighted by molar-refractivity contribution is 0.414. The molecule has 0 radical (unpaired) electrons. The highest BCUT2D eigenvalue weighted by Gasteiger charge is 2.20. The van der Waals surface area contributed by atoms with Gasteiger partial charge in [0, 0.05) is 17.7 Å². The molecule has 0 amide bonds. The standard InChI is InChI=1S/C22H19ClFN3OS/c1-28-15-6-2-5-14(13-15)11-12-25-22-26-21-17(8-4-10-19(21)29-27-22)16-7-3-9-18(24)20(16)23/h2-10,13H,11-12H2,1H3,(H2,25,26,27). The third kappa shape index (κ3) is 4.33. The molecule has 0 atom stereocenters. The minimum Gasteiger partial charge on any atom is -0.497 e. The van der Waals surface area contributed by atoms with Crippen LogP contribution < -0.4 is 14.8 Å². The number of rotatable bonds is 5. The van der Waals surface area contributed by atoms with E-state index in [0.29, 0.717) is 18.1 Å². The molecule has 0 aliphatic carbocycles. The molecule has 0 saturated heterocycles. The maximum absolute atomic E-state index is 14.0. The number of nitrogens with zero attached hydrogens (tertiary/aromatic N) is 1. The fraction of sp³-hybridized carbons (Fsp3) is 0.136. The summed E-state index contributed by atoms with van der Waals surface area (Å²) in [5.41, 5.74) is 3.50. The average molecular weight is 428 g/mol. The Bertz CT molecular complexity index is 1070. The number of hydrogen-bond donors (Lipinski definition) is 2. The van der Waals surface area contributed by atoms with E-state index in [2.05, 4.69) is 21.1 Å². The number of nitrogens with one attached hydrogen (secondary N) is 2. The van der Waals surface area contributed by atoms with Gasteiger partial charge in [-0.25, -0.2) is 4.39 Å². The van der Waals surface area contributed by atoms with E-state index in [0.717, 1.165) is 33.9 Å². The van der Waals surface area contributed by atoms with Crippen LogP contribution in [0.3, 0.4) is 0 Å². The molecule has 2 N–H and O–H groups in total. The van der Waals surface area contributed by atoms with E-state index in [1.807, 2.05) is 42.5 Å². The maximum atomic E-state index is 14.0. The van der Waals surface area contributed by atoms with Crippen LogP contribution in [0.1, 0.15) is 5.56 Å². The number of para-hydroxylation sites is 1. The summed E-state index contributed by atoms with van der Waals surface area (Å²) in [6.45, 7) is 0.612. The first kappa shape index (κ1) is 19.6. The fourth-order valence-electron chi connectivity index (χ4n) is 3.13. The second-order valence-electron chi connectivity index (χ2n) is 6.44. The number of anilines is 1. The molecule has 0 aromatic heterocycles. The minimum absolute atomic E-state index is 0.114. The smallest absolute Gasteiger partial charge is 0.206 e. The molecular weight excluding hydrogens is 409 g/mol. The molecule has 29 heavy (non-hydrogen) atoms. The Hall–Kier alpha value is -2.70. The van der Waals surface area contributed by atoms with Crippen molar-refractivity contribution in [1.82, 2.24) is 4.72 Å². The third-order valence-corrected chi connectivity index (χ3v) is 5.81. The predicted molar refractivity (Wildman–Crippen MR) is 118 cm³/mol. The Balaban J connectivity index is 1.54. The lowest BCUT2D eigenvalue weighted by Gasteiger charge is -2.23. The van der Waals surface area contributed by atoms with Gasteiger partial charge in [-0.05, 0) is 48.2 Å². The molecule has 0 spiro atoms. The molecule has 0 unspecified atom stereocenters. The summed E-state index contributed by atoms with van der Waals surface area (Å²) < 4.78 is 22.4. The average Bonchev–Trinajstić information content (AvgIpc) is 2.75. The van der Waals surface area contributed by atoms with Crippen LogP contribution in [0, 0.1) is 5.82 Å². The number of benzene rings is 3. The highest BCUT2D eigenvalue weighted by atomic mass is 35.5. The fourth-order valence-corrected chi connectivity index (χ4v) is 4.08.